The summed E-state index contributed by atoms with van der Waals surface area (Å²) in [6.45, 7) is 2.39. The first-order valence-electron chi connectivity index (χ1n) is 9.47. The van der Waals surface area contributed by atoms with Gasteiger partial charge in [-0.15, -0.1) is 0 Å². The van der Waals surface area contributed by atoms with Gasteiger partial charge in [0.25, 0.3) is 0 Å². The molecule has 1 fully saturated rings. The predicted octanol–water partition coefficient (Wildman–Crippen LogP) is 2.86. The Bertz CT molecular complexity index is 1050. The molecule has 1 saturated heterocycles. The van der Waals surface area contributed by atoms with Crippen molar-refractivity contribution < 1.29 is 30.8 Å². The number of carbonyl (C=O) groups excluding carboxylic acids is 1. The Morgan fingerprint density at radius 3 is 2.19 bits per heavy atom. The van der Waals surface area contributed by atoms with Crippen molar-refractivity contribution in [3.05, 3.63) is 59.9 Å². The molecule has 2 aromatic carbocycles. The van der Waals surface area contributed by atoms with E-state index in [9.17, 15) is 30.8 Å². The van der Waals surface area contributed by atoms with Gasteiger partial charge in [-0.05, 0) is 31.2 Å². The van der Waals surface area contributed by atoms with E-state index in [0.717, 1.165) is 12.1 Å². The van der Waals surface area contributed by atoms with E-state index < -0.39 is 38.6 Å². The van der Waals surface area contributed by atoms with Crippen molar-refractivity contribution >= 4 is 21.6 Å². The van der Waals surface area contributed by atoms with Crippen molar-refractivity contribution in [3.63, 3.8) is 0 Å². The highest BCUT2D eigenvalue weighted by Crippen LogP contribution is 2.34. The summed E-state index contributed by atoms with van der Waals surface area (Å²) >= 11 is 0. The van der Waals surface area contributed by atoms with Crippen molar-refractivity contribution in [1.29, 1.82) is 0 Å². The minimum atomic E-state index is -4.86. The Morgan fingerprint density at radius 2 is 1.58 bits per heavy atom. The van der Waals surface area contributed by atoms with Crippen LogP contribution >= 0.6 is 0 Å². The monoisotopic (exact) mass is 459 g/mol. The average molecular weight is 459 g/mol. The lowest BCUT2D eigenvalue weighted by atomic mass is 10.2. The van der Waals surface area contributed by atoms with Crippen LogP contribution in [0.15, 0.2) is 53.4 Å². The maximum atomic E-state index is 13.9. The first-order valence-corrected chi connectivity index (χ1v) is 11.0. The second kappa shape index (κ2) is 8.83. The quantitative estimate of drug-likeness (QED) is 0.699. The minimum absolute atomic E-state index is 0.221. The third-order valence-electron chi connectivity index (χ3n) is 4.97. The summed E-state index contributed by atoms with van der Waals surface area (Å²) in [6, 6.07) is 8.74. The summed E-state index contributed by atoms with van der Waals surface area (Å²) in [5.74, 6) is -0.951. The van der Waals surface area contributed by atoms with Gasteiger partial charge in [0.05, 0.1) is 22.2 Å². The normalized spacial score (nSPS) is 16.3. The minimum Gasteiger partial charge on any atom is -0.366 e. The van der Waals surface area contributed by atoms with E-state index in [0.29, 0.717) is 24.8 Å². The molecule has 1 amide bonds. The summed E-state index contributed by atoms with van der Waals surface area (Å²) in [4.78, 5) is 14.9. The number of nitrogens with one attached hydrogen (secondary N) is 1. The van der Waals surface area contributed by atoms with Gasteiger partial charge >= 0.3 is 6.18 Å². The summed E-state index contributed by atoms with van der Waals surface area (Å²) in [5, 5.41) is 0. The molecular formula is C20H21F4N3O3S. The smallest absolute Gasteiger partial charge is 0.366 e. The van der Waals surface area contributed by atoms with Gasteiger partial charge in [-0.25, -0.2) is 12.8 Å². The second-order valence-corrected chi connectivity index (χ2v) is 8.78. The van der Waals surface area contributed by atoms with Crippen molar-refractivity contribution in [3.8, 4) is 0 Å². The molecule has 6 nitrogen and oxygen atoms in total. The number of rotatable bonds is 5. The van der Waals surface area contributed by atoms with E-state index in [4.69, 9.17) is 0 Å². The molecule has 0 saturated carbocycles. The number of para-hydroxylation sites is 1. The van der Waals surface area contributed by atoms with Crippen LogP contribution in [0.25, 0.3) is 0 Å². The van der Waals surface area contributed by atoms with E-state index in [1.807, 2.05) is 4.72 Å². The molecule has 168 valence electrons. The van der Waals surface area contributed by atoms with Gasteiger partial charge in [-0.1, -0.05) is 24.3 Å². The maximum Gasteiger partial charge on any atom is 0.417 e. The highest BCUT2D eigenvalue weighted by Gasteiger charge is 2.38. The van der Waals surface area contributed by atoms with Crippen LogP contribution in [0.5, 0.6) is 0 Å². The van der Waals surface area contributed by atoms with Crippen LogP contribution in [-0.4, -0.2) is 51.4 Å². The number of amides is 1. The van der Waals surface area contributed by atoms with Gasteiger partial charge in [-0.2, -0.15) is 17.9 Å². The molecule has 1 heterocycles. The highest BCUT2D eigenvalue weighted by atomic mass is 32.2. The van der Waals surface area contributed by atoms with Gasteiger partial charge in [0.2, 0.25) is 15.9 Å². The number of nitrogens with zero attached hydrogens (tertiary/aromatic N) is 2. The largest absolute Gasteiger partial charge is 0.417 e. The van der Waals surface area contributed by atoms with Gasteiger partial charge in [0, 0.05) is 26.2 Å². The van der Waals surface area contributed by atoms with Crippen LogP contribution in [0.3, 0.4) is 0 Å². The zero-order chi connectivity index (χ0) is 22.8. The average Bonchev–Trinajstić information content (AvgIpc) is 2.73. The maximum absolute atomic E-state index is 13.9. The Labute approximate surface area is 177 Å². The van der Waals surface area contributed by atoms with Gasteiger partial charge in [0.15, 0.2) is 0 Å². The molecule has 0 bridgehead atoms. The number of anilines is 1. The molecule has 1 N–H and O–H groups in total. The van der Waals surface area contributed by atoms with Crippen LogP contribution in [0, 0.1) is 5.82 Å². The SMILES string of the molecule is C[C@H](NS(=O)(=O)c1ccccc1C(F)(F)F)C(=O)N1CCN(c2ccccc2F)CC1. The number of alkyl halides is 3. The molecule has 3 rings (SSSR count). The van der Waals surface area contributed by atoms with Crippen LogP contribution in [-0.2, 0) is 21.0 Å². The molecule has 1 aliphatic heterocycles. The molecule has 0 spiro atoms. The predicted molar refractivity (Wildman–Crippen MR) is 106 cm³/mol. The number of benzene rings is 2. The molecular weight excluding hydrogens is 438 g/mol. The molecule has 2 aromatic rings. The Hall–Kier alpha value is -2.66. The lowest BCUT2D eigenvalue weighted by Crippen LogP contribution is -2.54. The van der Waals surface area contributed by atoms with E-state index in [-0.39, 0.29) is 18.9 Å². The van der Waals surface area contributed by atoms with E-state index in [1.165, 1.54) is 24.0 Å². The number of sulfonamides is 1. The van der Waals surface area contributed by atoms with Crippen LogP contribution in [0.4, 0.5) is 23.2 Å². The molecule has 0 unspecified atom stereocenters. The lowest BCUT2D eigenvalue weighted by molar-refractivity contribution is -0.139. The molecule has 0 aromatic heterocycles. The Balaban J connectivity index is 1.67. The highest BCUT2D eigenvalue weighted by molar-refractivity contribution is 7.89. The molecule has 11 heteroatoms. The fraction of sp³-hybridized carbons (Fsp3) is 0.350. The van der Waals surface area contributed by atoms with Crippen LogP contribution in [0.2, 0.25) is 0 Å². The topological polar surface area (TPSA) is 69.7 Å². The molecule has 1 aliphatic rings. The number of piperazine rings is 1. The molecule has 0 aliphatic carbocycles. The van der Waals surface area contributed by atoms with Crippen LogP contribution in [0.1, 0.15) is 12.5 Å². The molecule has 0 radical (unpaired) electrons. The van der Waals surface area contributed by atoms with Crippen LogP contribution < -0.4 is 9.62 Å². The lowest BCUT2D eigenvalue weighted by Gasteiger charge is -2.37. The van der Waals surface area contributed by atoms with E-state index >= 15 is 0 Å². The van der Waals surface area contributed by atoms with Gasteiger partial charge in [-0.3, -0.25) is 4.79 Å². The number of hydrogen-bond acceptors (Lipinski definition) is 4. The Morgan fingerprint density at radius 1 is 1.00 bits per heavy atom. The summed E-state index contributed by atoms with van der Waals surface area (Å²) in [7, 11) is -4.59. The summed E-state index contributed by atoms with van der Waals surface area (Å²) in [6.07, 6.45) is -4.86. The number of halogens is 4. The van der Waals surface area contributed by atoms with Crippen molar-refractivity contribution in [1.82, 2.24) is 9.62 Å². The number of hydrogen-bond donors (Lipinski definition) is 1. The third-order valence-corrected chi connectivity index (χ3v) is 6.57. The van der Waals surface area contributed by atoms with E-state index in [1.54, 1.807) is 23.1 Å². The second-order valence-electron chi connectivity index (χ2n) is 7.10. The van der Waals surface area contributed by atoms with Gasteiger partial charge in [0.1, 0.15) is 5.82 Å². The number of carbonyl (C=O) groups is 1. The first-order chi connectivity index (χ1) is 14.5. The first kappa shape index (κ1) is 23.0. The fourth-order valence-corrected chi connectivity index (χ4v) is 4.86. The molecule has 31 heavy (non-hydrogen) atoms. The zero-order valence-electron chi connectivity index (χ0n) is 16.6. The Kier molecular flexibility index (Phi) is 6.56. The summed E-state index contributed by atoms with van der Waals surface area (Å²) < 4.78 is 80.6. The molecule has 1 atom stereocenters. The van der Waals surface area contributed by atoms with E-state index in [2.05, 4.69) is 0 Å². The zero-order valence-corrected chi connectivity index (χ0v) is 17.4. The van der Waals surface area contributed by atoms with Gasteiger partial charge < -0.3 is 9.80 Å². The fourth-order valence-electron chi connectivity index (χ4n) is 3.43. The van der Waals surface area contributed by atoms with Crippen molar-refractivity contribution in [2.24, 2.45) is 0 Å². The van der Waals surface area contributed by atoms with Crippen molar-refractivity contribution in [2.45, 2.75) is 24.0 Å². The summed E-state index contributed by atoms with van der Waals surface area (Å²) in [5.41, 5.74) is -0.896. The third kappa shape index (κ3) is 5.16. The van der Waals surface area contributed by atoms with Crippen molar-refractivity contribution in [2.75, 3.05) is 31.1 Å². The standard InChI is InChI=1S/C20H21F4N3O3S/c1-14(25-31(29,30)18-9-5-2-6-15(18)20(22,23)24)19(28)27-12-10-26(11-13-27)17-8-4-3-7-16(17)21/h2-9,14,25H,10-13H2,1H3/t14-/m0/s1.